The van der Waals surface area contributed by atoms with Crippen LogP contribution in [-0.2, 0) is 6.54 Å². The van der Waals surface area contributed by atoms with Gasteiger partial charge in [-0.05, 0) is 24.3 Å². The summed E-state index contributed by atoms with van der Waals surface area (Å²) >= 11 is 0. The van der Waals surface area contributed by atoms with Crippen LogP contribution < -0.4 is 10.6 Å². The van der Waals surface area contributed by atoms with E-state index in [1.165, 1.54) is 12.5 Å². The van der Waals surface area contributed by atoms with Crippen LogP contribution in [0.1, 0.15) is 5.76 Å². The van der Waals surface area contributed by atoms with Crippen molar-refractivity contribution in [2.45, 2.75) is 6.54 Å². The number of rotatable bonds is 5. The fourth-order valence-electron chi connectivity index (χ4n) is 1.78. The second kappa shape index (κ2) is 6.34. The summed E-state index contributed by atoms with van der Waals surface area (Å²) in [5.41, 5.74) is -0.263. The van der Waals surface area contributed by atoms with Crippen molar-refractivity contribution in [1.82, 2.24) is 15.2 Å². The number of furan rings is 1. The molecule has 9 heteroatoms. The minimum Gasteiger partial charge on any atom is -0.467 e. The first kappa shape index (κ1) is 14.8. The Kier molecular flexibility index (Phi) is 4.09. The molecule has 2 N–H and O–H groups in total. The zero-order valence-electron chi connectivity index (χ0n) is 11.6. The Morgan fingerprint density at radius 2 is 1.96 bits per heavy atom. The highest BCUT2D eigenvalue weighted by molar-refractivity contribution is 5.57. The van der Waals surface area contributed by atoms with Crippen LogP contribution in [0.25, 0.3) is 0 Å². The maximum Gasteiger partial charge on any atom is 0.245 e. The summed E-state index contributed by atoms with van der Waals surface area (Å²) in [4.78, 5) is 4.04. The molecule has 0 spiro atoms. The molecule has 3 aromatic rings. The van der Waals surface area contributed by atoms with Gasteiger partial charge in [0.25, 0.3) is 0 Å². The molecule has 0 saturated carbocycles. The number of anilines is 3. The highest BCUT2D eigenvalue weighted by Gasteiger charge is 2.14. The van der Waals surface area contributed by atoms with E-state index < -0.39 is 17.5 Å². The van der Waals surface area contributed by atoms with E-state index in [4.69, 9.17) is 4.42 Å². The number of halogens is 3. The van der Waals surface area contributed by atoms with Crippen molar-refractivity contribution < 1.29 is 17.6 Å². The second-order valence-electron chi connectivity index (χ2n) is 4.45. The van der Waals surface area contributed by atoms with Gasteiger partial charge in [-0.2, -0.15) is 10.1 Å². The second-order valence-corrected chi connectivity index (χ2v) is 4.45. The standard InChI is InChI=1S/C14H10F3N5O/c15-9-3-4-10(13(17)12(9)16)20-11-7-19-22-14(21-11)18-6-8-2-1-5-23-8/h1-5,7H,6H2,(H2,18,20,21,22). The molecule has 1 aromatic carbocycles. The molecule has 3 rings (SSSR count). The van der Waals surface area contributed by atoms with Crippen LogP contribution in [0.15, 0.2) is 41.1 Å². The van der Waals surface area contributed by atoms with Gasteiger partial charge in [-0.25, -0.2) is 13.2 Å². The van der Waals surface area contributed by atoms with Crippen LogP contribution >= 0.6 is 0 Å². The van der Waals surface area contributed by atoms with E-state index in [9.17, 15) is 13.2 Å². The Bertz CT molecular complexity index is 810. The molecule has 0 radical (unpaired) electrons. The Hall–Kier alpha value is -3.10. The molecule has 0 saturated heterocycles. The van der Waals surface area contributed by atoms with Crippen LogP contribution in [0.4, 0.5) is 30.6 Å². The first-order chi connectivity index (χ1) is 11.1. The zero-order chi connectivity index (χ0) is 16.2. The van der Waals surface area contributed by atoms with Crippen LogP contribution in [0.2, 0.25) is 0 Å². The van der Waals surface area contributed by atoms with Crippen LogP contribution in [-0.4, -0.2) is 15.2 Å². The summed E-state index contributed by atoms with van der Waals surface area (Å²) in [6.45, 7) is 0.331. The lowest BCUT2D eigenvalue weighted by Crippen LogP contribution is -2.07. The molecule has 118 valence electrons. The predicted octanol–water partition coefficient (Wildman–Crippen LogP) is 3.24. The van der Waals surface area contributed by atoms with E-state index in [2.05, 4.69) is 25.8 Å². The Balaban J connectivity index is 1.74. The molecule has 6 nitrogen and oxygen atoms in total. The first-order valence-electron chi connectivity index (χ1n) is 6.50. The summed E-state index contributed by atoms with van der Waals surface area (Å²) < 4.78 is 44.8. The third kappa shape index (κ3) is 3.39. The molecule has 2 aromatic heterocycles. The summed E-state index contributed by atoms with van der Waals surface area (Å²) in [6, 6.07) is 5.37. The zero-order valence-corrected chi connectivity index (χ0v) is 11.6. The molecule has 0 bridgehead atoms. The molecular weight excluding hydrogens is 311 g/mol. The topological polar surface area (TPSA) is 75.9 Å². The van der Waals surface area contributed by atoms with Crippen molar-refractivity contribution in [3.63, 3.8) is 0 Å². The van der Waals surface area contributed by atoms with Crippen molar-refractivity contribution in [3.05, 3.63) is 59.9 Å². The van der Waals surface area contributed by atoms with Gasteiger partial charge in [0.2, 0.25) is 5.95 Å². The van der Waals surface area contributed by atoms with Crippen LogP contribution in [0.3, 0.4) is 0 Å². The predicted molar refractivity (Wildman–Crippen MR) is 75.5 cm³/mol. The highest BCUT2D eigenvalue weighted by Crippen LogP contribution is 2.22. The lowest BCUT2D eigenvalue weighted by molar-refractivity contribution is 0.449. The van der Waals surface area contributed by atoms with Gasteiger partial charge in [0.1, 0.15) is 5.76 Å². The van der Waals surface area contributed by atoms with Gasteiger partial charge in [0.15, 0.2) is 23.3 Å². The van der Waals surface area contributed by atoms with Gasteiger partial charge in [-0.1, -0.05) is 0 Å². The lowest BCUT2D eigenvalue weighted by atomic mass is 10.3. The molecule has 2 heterocycles. The summed E-state index contributed by atoms with van der Waals surface area (Å²) in [7, 11) is 0. The maximum absolute atomic E-state index is 13.6. The van der Waals surface area contributed by atoms with Crippen molar-refractivity contribution in [3.8, 4) is 0 Å². The number of hydrogen-bond acceptors (Lipinski definition) is 6. The largest absolute Gasteiger partial charge is 0.467 e. The fourth-order valence-corrected chi connectivity index (χ4v) is 1.78. The van der Waals surface area contributed by atoms with Gasteiger partial charge in [-0.15, -0.1) is 5.10 Å². The van der Waals surface area contributed by atoms with Gasteiger partial charge in [0.05, 0.1) is 24.7 Å². The van der Waals surface area contributed by atoms with E-state index in [0.717, 1.165) is 12.1 Å². The molecular formula is C14H10F3N5O. The smallest absolute Gasteiger partial charge is 0.245 e. The monoisotopic (exact) mass is 321 g/mol. The Morgan fingerprint density at radius 1 is 1.09 bits per heavy atom. The third-order valence-electron chi connectivity index (χ3n) is 2.86. The first-order valence-corrected chi connectivity index (χ1v) is 6.50. The van der Waals surface area contributed by atoms with Crippen molar-refractivity contribution in [2.24, 2.45) is 0 Å². The number of aromatic nitrogens is 3. The van der Waals surface area contributed by atoms with Gasteiger partial charge < -0.3 is 15.1 Å². The average Bonchev–Trinajstić information content (AvgIpc) is 3.07. The van der Waals surface area contributed by atoms with Gasteiger partial charge >= 0.3 is 0 Å². The summed E-state index contributed by atoms with van der Waals surface area (Å²) in [5.74, 6) is -3.23. The number of nitrogens with one attached hydrogen (secondary N) is 2. The SMILES string of the molecule is Fc1ccc(Nc2cnnc(NCc3ccco3)n2)c(F)c1F. The minimum absolute atomic E-state index is 0.117. The summed E-state index contributed by atoms with van der Waals surface area (Å²) in [6.07, 6.45) is 2.75. The highest BCUT2D eigenvalue weighted by atomic mass is 19.2. The minimum atomic E-state index is -1.56. The number of nitrogens with zero attached hydrogens (tertiary/aromatic N) is 3. The lowest BCUT2D eigenvalue weighted by Gasteiger charge is -2.08. The van der Waals surface area contributed by atoms with E-state index in [1.54, 1.807) is 12.1 Å². The molecule has 23 heavy (non-hydrogen) atoms. The molecule has 0 fully saturated rings. The van der Waals surface area contributed by atoms with E-state index in [-0.39, 0.29) is 17.5 Å². The van der Waals surface area contributed by atoms with Gasteiger partial charge in [-0.3, -0.25) is 0 Å². The average molecular weight is 321 g/mol. The van der Waals surface area contributed by atoms with Crippen molar-refractivity contribution in [1.29, 1.82) is 0 Å². The third-order valence-corrected chi connectivity index (χ3v) is 2.86. The Morgan fingerprint density at radius 3 is 2.74 bits per heavy atom. The molecule has 0 aliphatic rings. The van der Waals surface area contributed by atoms with Crippen molar-refractivity contribution in [2.75, 3.05) is 10.6 Å². The number of hydrogen-bond donors (Lipinski definition) is 2. The van der Waals surface area contributed by atoms with E-state index in [0.29, 0.717) is 12.3 Å². The quantitative estimate of drug-likeness (QED) is 0.703. The molecule has 0 atom stereocenters. The molecule has 0 aliphatic carbocycles. The molecule has 0 aliphatic heterocycles. The van der Waals surface area contributed by atoms with Crippen LogP contribution in [0.5, 0.6) is 0 Å². The molecule has 0 amide bonds. The van der Waals surface area contributed by atoms with Crippen LogP contribution in [0, 0.1) is 17.5 Å². The Labute approximate surface area is 128 Å². The maximum atomic E-state index is 13.6. The molecule has 0 unspecified atom stereocenters. The van der Waals surface area contributed by atoms with E-state index >= 15 is 0 Å². The fraction of sp³-hybridized carbons (Fsp3) is 0.0714. The van der Waals surface area contributed by atoms with Gasteiger partial charge in [0, 0.05) is 0 Å². The van der Waals surface area contributed by atoms with E-state index in [1.807, 2.05) is 0 Å². The normalized spacial score (nSPS) is 10.6. The number of benzene rings is 1. The van der Waals surface area contributed by atoms with Crippen molar-refractivity contribution >= 4 is 17.5 Å². The summed E-state index contributed by atoms with van der Waals surface area (Å²) in [5, 5.41) is 12.8.